The summed E-state index contributed by atoms with van der Waals surface area (Å²) in [4.78, 5) is 2.53. The number of halogens is 1. The Labute approximate surface area is 318 Å². The van der Waals surface area contributed by atoms with Gasteiger partial charge in [0.25, 0.3) is 0 Å². The molecule has 0 unspecified atom stereocenters. The molecule has 0 aliphatic heterocycles. The van der Waals surface area contributed by atoms with Crippen LogP contribution >= 0.6 is 12.4 Å². The maximum Gasteiger partial charge on any atom is 0.0558 e. The molecule has 0 amide bonds. The van der Waals surface area contributed by atoms with E-state index in [2.05, 4.69) is 18.7 Å². The van der Waals surface area contributed by atoms with E-state index in [9.17, 15) is 5.11 Å². The van der Waals surface area contributed by atoms with Gasteiger partial charge in [0.05, 0.1) is 6.61 Å². The second-order valence-corrected chi connectivity index (χ2v) is 16.0. The number of unbranched alkanes of at least 4 members (excludes halogenated alkanes) is 38. The van der Waals surface area contributed by atoms with Gasteiger partial charge in [-0.2, -0.15) is 0 Å². The molecule has 0 aromatic carbocycles. The fourth-order valence-electron chi connectivity index (χ4n) is 7.66. The highest BCUT2D eigenvalue weighted by Gasteiger charge is 2.04. The van der Waals surface area contributed by atoms with Crippen molar-refractivity contribution in [1.29, 1.82) is 0 Å². The molecule has 0 bridgehead atoms. The first kappa shape index (κ1) is 51.3. The van der Waals surface area contributed by atoms with Gasteiger partial charge in [0.15, 0.2) is 0 Å². The second-order valence-electron chi connectivity index (χ2n) is 16.0. The minimum atomic E-state index is 0. The van der Waals surface area contributed by atoms with Gasteiger partial charge in [-0.25, -0.2) is 0 Å². The van der Waals surface area contributed by atoms with Crippen LogP contribution in [0.15, 0.2) is 0 Å². The molecule has 49 heavy (non-hydrogen) atoms. The summed E-state index contributed by atoms with van der Waals surface area (Å²) in [5.41, 5.74) is 0. The molecule has 0 rings (SSSR count). The van der Waals surface area contributed by atoms with Crippen LogP contribution in [-0.2, 0) is 0 Å². The lowest BCUT2D eigenvalue weighted by molar-refractivity contribution is 0.190. The molecule has 2 nitrogen and oxygen atoms in total. The molecule has 1 N–H and O–H groups in total. The van der Waals surface area contributed by atoms with E-state index in [0.717, 1.165) is 6.54 Å². The van der Waals surface area contributed by atoms with Gasteiger partial charge < -0.3 is 10.0 Å². The minimum Gasteiger partial charge on any atom is -0.395 e. The van der Waals surface area contributed by atoms with Crippen LogP contribution in [0.4, 0.5) is 0 Å². The molecular formula is C46H96ClNO. The molecule has 0 aromatic rings. The Morgan fingerprint density at radius 1 is 0.245 bits per heavy atom. The van der Waals surface area contributed by atoms with E-state index in [1.54, 1.807) is 0 Å². The largest absolute Gasteiger partial charge is 0.395 e. The molecule has 0 radical (unpaired) electrons. The molecule has 0 aliphatic carbocycles. The summed E-state index contributed by atoms with van der Waals surface area (Å²) in [6, 6.07) is 0. The van der Waals surface area contributed by atoms with Crippen molar-refractivity contribution >= 4 is 12.4 Å². The van der Waals surface area contributed by atoms with Crippen molar-refractivity contribution in [3.63, 3.8) is 0 Å². The van der Waals surface area contributed by atoms with Crippen molar-refractivity contribution in [1.82, 2.24) is 4.90 Å². The summed E-state index contributed by atoms with van der Waals surface area (Å²) in [5.74, 6) is 0. The zero-order valence-corrected chi connectivity index (χ0v) is 35.2. The van der Waals surface area contributed by atoms with Gasteiger partial charge in [-0.1, -0.05) is 258 Å². The van der Waals surface area contributed by atoms with Crippen molar-refractivity contribution < 1.29 is 5.11 Å². The van der Waals surface area contributed by atoms with Gasteiger partial charge in [0.1, 0.15) is 0 Å². The van der Waals surface area contributed by atoms with E-state index in [1.807, 2.05) is 0 Å². The molecule has 0 spiro atoms. The standard InChI is InChI=1S/C46H95NO.ClH/c1-3-5-7-9-11-13-15-17-19-21-23-25-27-29-31-33-35-37-39-41-43-47(45-46-48)44-42-40-38-36-34-32-30-28-26-24-22-20-18-16-14-12-10-8-6-4-2;/h48H,3-46H2,1-2H3;1H. The predicted molar refractivity (Wildman–Crippen MR) is 227 cm³/mol. The summed E-state index contributed by atoms with van der Waals surface area (Å²) in [7, 11) is 0. The van der Waals surface area contributed by atoms with Crippen molar-refractivity contribution in [2.45, 2.75) is 271 Å². The molecule has 0 heterocycles. The maximum absolute atomic E-state index is 9.53. The lowest BCUT2D eigenvalue weighted by Crippen LogP contribution is -2.29. The average molecular weight is 715 g/mol. The van der Waals surface area contributed by atoms with Crippen molar-refractivity contribution in [3.05, 3.63) is 0 Å². The van der Waals surface area contributed by atoms with E-state index < -0.39 is 0 Å². The summed E-state index contributed by atoms with van der Waals surface area (Å²) >= 11 is 0. The number of hydrogen-bond donors (Lipinski definition) is 1. The lowest BCUT2D eigenvalue weighted by Gasteiger charge is -2.21. The lowest BCUT2D eigenvalue weighted by atomic mass is 10.0. The Bertz CT molecular complexity index is 499. The summed E-state index contributed by atoms with van der Waals surface area (Å²) < 4.78 is 0. The number of aliphatic hydroxyl groups excluding tert-OH is 1. The van der Waals surface area contributed by atoms with Gasteiger partial charge in [-0.3, -0.25) is 0 Å². The average Bonchev–Trinajstić information content (AvgIpc) is 3.09. The van der Waals surface area contributed by atoms with E-state index in [4.69, 9.17) is 0 Å². The second kappa shape index (κ2) is 48.2. The van der Waals surface area contributed by atoms with E-state index >= 15 is 0 Å². The smallest absolute Gasteiger partial charge is 0.0558 e. The molecule has 0 aromatic heterocycles. The van der Waals surface area contributed by atoms with Crippen LogP contribution in [0.2, 0.25) is 0 Å². The van der Waals surface area contributed by atoms with E-state index in [1.165, 1.54) is 270 Å². The normalized spacial score (nSPS) is 11.5. The van der Waals surface area contributed by atoms with Crippen LogP contribution in [0.1, 0.15) is 271 Å². The van der Waals surface area contributed by atoms with Gasteiger partial charge in [0.2, 0.25) is 0 Å². The quantitative estimate of drug-likeness (QED) is 0.0635. The fraction of sp³-hybridized carbons (Fsp3) is 1.00. The highest BCUT2D eigenvalue weighted by molar-refractivity contribution is 5.85. The Hall–Kier alpha value is 0.210. The van der Waals surface area contributed by atoms with Crippen molar-refractivity contribution in [2.75, 3.05) is 26.2 Å². The van der Waals surface area contributed by atoms with Crippen LogP contribution in [0.3, 0.4) is 0 Å². The molecule has 0 aliphatic rings. The van der Waals surface area contributed by atoms with Crippen molar-refractivity contribution in [3.8, 4) is 0 Å². The highest BCUT2D eigenvalue weighted by Crippen LogP contribution is 2.17. The van der Waals surface area contributed by atoms with Crippen LogP contribution in [0.25, 0.3) is 0 Å². The predicted octanol–water partition coefficient (Wildman–Crippen LogP) is 16.3. The molecule has 0 atom stereocenters. The zero-order valence-electron chi connectivity index (χ0n) is 34.4. The van der Waals surface area contributed by atoms with E-state index in [0.29, 0.717) is 6.61 Å². The van der Waals surface area contributed by atoms with Crippen LogP contribution in [-0.4, -0.2) is 36.2 Å². The first-order valence-corrected chi connectivity index (χ1v) is 23.2. The third-order valence-corrected chi connectivity index (χ3v) is 11.1. The molecule has 0 saturated heterocycles. The van der Waals surface area contributed by atoms with E-state index in [-0.39, 0.29) is 12.4 Å². The van der Waals surface area contributed by atoms with Gasteiger partial charge in [0, 0.05) is 6.54 Å². The van der Waals surface area contributed by atoms with Gasteiger partial charge >= 0.3 is 0 Å². The number of nitrogens with zero attached hydrogens (tertiary/aromatic N) is 1. The topological polar surface area (TPSA) is 23.5 Å². The van der Waals surface area contributed by atoms with Gasteiger partial charge in [-0.15, -0.1) is 12.4 Å². The zero-order chi connectivity index (χ0) is 34.7. The fourth-order valence-corrected chi connectivity index (χ4v) is 7.66. The number of rotatable bonds is 44. The highest BCUT2D eigenvalue weighted by atomic mass is 35.5. The van der Waals surface area contributed by atoms with Crippen LogP contribution in [0, 0.1) is 0 Å². The third-order valence-electron chi connectivity index (χ3n) is 11.1. The maximum atomic E-state index is 9.53. The third kappa shape index (κ3) is 46.2. The molecule has 0 saturated carbocycles. The Morgan fingerprint density at radius 3 is 0.571 bits per heavy atom. The number of hydrogen-bond acceptors (Lipinski definition) is 2. The summed E-state index contributed by atoms with van der Waals surface area (Å²) in [6.07, 6.45) is 57.8. The molecule has 3 heteroatoms. The van der Waals surface area contributed by atoms with Crippen molar-refractivity contribution in [2.24, 2.45) is 0 Å². The minimum absolute atomic E-state index is 0. The Kier molecular flexibility index (Phi) is 50.5. The summed E-state index contributed by atoms with van der Waals surface area (Å²) in [6.45, 7) is 8.19. The number of aliphatic hydroxyl groups is 1. The Morgan fingerprint density at radius 2 is 0.408 bits per heavy atom. The Balaban J connectivity index is 0. The van der Waals surface area contributed by atoms with Crippen LogP contribution < -0.4 is 0 Å². The first-order valence-electron chi connectivity index (χ1n) is 23.2. The molecule has 298 valence electrons. The van der Waals surface area contributed by atoms with Gasteiger partial charge in [-0.05, 0) is 25.9 Å². The molecule has 0 fully saturated rings. The monoisotopic (exact) mass is 714 g/mol. The van der Waals surface area contributed by atoms with Crippen LogP contribution in [0.5, 0.6) is 0 Å². The SMILES string of the molecule is CCCCCCCCCCCCCCCCCCCCCCN(CCO)CCCCCCCCCCCCCCCCCCCCCC.Cl. The first-order chi connectivity index (χ1) is 23.8. The molecular weight excluding hydrogens is 618 g/mol. The summed E-state index contributed by atoms with van der Waals surface area (Å²) in [5, 5.41) is 9.53.